The summed E-state index contributed by atoms with van der Waals surface area (Å²) in [5, 5.41) is 6.47. The number of H-pyrrole nitrogens is 1. The zero-order valence-electron chi connectivity index (χ0n) is 16.6. The molecule has 0 radical (unpaired) electrons. The van der Waals surface area contributed by atoms with E-state index in [4.69, 9.17) is 5.14 Å². The van der Waals surface area contributed by atoms with Gasteiger partial charge in [0.15, 0.2) is 10.9 Å². The van der Waals surface area contributed by atoms with Crippen LogP contribution in [0.5, 0.6) is 0 Å². The van der Waals surface area contributed by atoms with Crippen LogP contribution < -0.4 is 5.14 Å². The third-order valence-electron chi connectivity index (χ3n) is 4.97. The summed E-state index contributed by atoms with van der Waals surface area (Å²) >= 11 is 1.37. The predicted octanol–water partition coefficient (Wildman–Crippen LogP) is 3.94. The third kappa shape index (κ3) is 3.76. The number of rotatable bonds is 7. The first-order valence-electron chi connectivity index (χ1n) is 9.59. The molecule has 30 heavy (non-hydrogen) atoms. The Bertz CT molecular complexity index is 1360. The molecular formula is C21H22N4O3S2. The largest absolute Gasteiger partial charge is 0.360 e. The number of hydrogen-bond donors (Lipinski definition) is 2. The number of nitrogens with one attached hydrogen (secondary N) is 1. The number of nitrogens with zero attached hydrogens (tertiary/aromatic N) is 2. The van der Waals surface area contributed by atoms with Crippen LogP contribution in [0.4, 0.5) is 0 Å². The van der Waals surface area contributed by atoms with Gasteiger partial charge >= 0.3 is 0 Å². The first-order chi connectivity index (χ1) is 14.3. The molecule has 1 atom stereocenters. The molecule has 156 valence electrons. The first-order valence-corrected chi connectivity index (χ1v) is 12.0. The Morgan fingerprint density at radius 1 is 1.27 bits per heavy atom. The zero-order chi connectivity index (χ0) is 21.5. The van der Waals surface area contributed by atoms with Crippen molar-refractivity contribution >= 4 is 49.5 Å². The molecular weight excluding hydrogens is 420 g/mol. The Hall–Kier alpha value is -2.62. The summed E-state index contributed by atoms with van der Waals surface area (Å²) in [4.78, 5) is 20.9. The molecule has 7 nitrogen and oxygen atoms in total. The Labute approximate surface area is 178 Å². The lowest BCUT2D eigenvalue weighted by molar-refractivity contribution is 0.0995. The van der Waals surface area contributed by atoms with E-state index in [1.54, 1.807) is 12.3 Å². The van der Waals surface area contributed by atoms with Gasteiger partial charge in [0.1, 0.15) is 0 Å². The standard InChI is InChI=1S/C21H22N4O3S2/c1-3-10-25-19-9-8-14(30(22,27)28)11-18(19)24-21(25)29-13(2)20(26)16-12-23-17-7-5-4-6-15(16)17/h4-9,11-13,23H,3,10H2,1-2H3,(H2,22,27,28)/t13-/m0/s1. The van der Waals surface area contributed by atoms with Crippen LogP contribution in [0.15, 0.2) is 58.7 Å². The SMILES string of the molecule is CCCn1c(S[C@@H](C)C(=O)c2c[nH]c3ccccc23)nc2cc(S(N)(=O)=O)ccc21. The number of fused-ring (bicyclic) bond motifs is 2. The van der Waals surface area contributed by atoms with Crippen molar-refractivity contribution < 1.29 is 13.2 Å². The van der Waals surface area contributed by atoms with E-state index < -0.39 is 10.0 Å². The van der Waals surface area contributed by atoms with Gasteiger partial charge in [0.2, 0.25) is 10.0 Å². The number of ketones is 1. The van der Waals surface area contributed by atoms with Crippen molar-refractivity contribution in [2.75, 3.05) is 0 Å². The first kappa shape index (κ1) is 20.6. The highest BCUT2D eigenvalue weighted by molar-refractivity contribution is 8.00. The van der Waals surface area contributed by atoms with Crippen LogP contribution in [0.25, 0.3) is 21.9 Å². The molecule has 2 heterocycles. The van der Waals surface area contributed by atoms with E-state index in [0.29, 0.717) is 22.8 Å². The van der Waals surface area contributed by atoms with Gasteiger partial charge in [0.25, 0.3) is 0 Å². The minimum Gasteiger partial charge on any atom is -0.360 e. The van der Waals surface area contributed by atoms with Gasteiger partial charge in [-0.25, -0.2) is 18.5 Å². The summed E-state index contributed by atoms with van der Waals surface area (Å²) < 4.78 is 25.4. The number of nitrogens with two attached hydrogens (primary N) is 1. The van der Waals surface area contributed by atoms with E-state index in [-0.39, 0.29) is 15.9 Å². The highest BCUT2D eigenvalue weighted by atomic mass is 32.2. The van der Waals surface area contributed by atoms with Gasteiger partial charge in [0.05, 0.1) is 21.2 Å². The number of carbonyl (C=O) groups is 1. The third-order valence-corrected chi connectivity index (χ3v) is 6.97. The van der Waals surface area contributed by atoms with Crippen molar-refractivity contribution in [2.24, 2.45) is 5.14 Å². The van der Waals surface area contributed by atoms with Crippen LogP contribution in [0.1, 0.15) is 30.6 Å². The Balaban J connectivity index is 1.69. The Kier molecular flexibility index (Phi) is 5.44. The summed E-state index contributed by atoms with van der Waals surface area (Å²) in [6.45, 7) is 4.63. The van der Waals surface area contributed by atoms with E-state index in [9.17, 15) is 13.2 Å². The van der Waals surface area contributed by atoms with Crippen LogP contribution >= 0.6 is 11.8 Å². The molecule has 0 unspecified atom stereocenters. The van der Waals surface area contributed by atoms with Gasteiger partial charge in [-0.05, 0) is 37.6 Å². The number of aromatic nitrogens is 3. The number of sulfonamides is 1. The summed E-state index contributed by atoms with van der Waals surface area (Å²) in [7, 11) is -3.81. The molecule has 0 aliphatic heterocycles. The van der Waals surface area contributed by atoms with Gasteiger partial charge in [-0.15, -0.1) is 0 Å². The molecule has 2 aromatic carbocycles. The van der Waals surface area contributed by atoms with Crippen LogP contribution in [-0.2, 0) is 16.6 Å². The second-order valence-corrected chi connectivity index (χ2v) is 9.98. The number of benzene rings is 2. The number of imidazole rings is 1. The average Bonchev–Trinajstić information content (AvgIpc) is 3.28. The topological polar surface area (TPSA) is 111 Å². The van der Waals surface area contributed by atoms with E-state index in [2.05, 4.69) is 16.9 Å². The lowest BCUT2D eigenvalue weighted by Gasteiger charge is -2.12. The number of aryl methyl sites for hydroxylation is 1. The van der Waals surface area contributed by atoms with Gasteiger partial charge < -0.3 is 9.55 Å². The second-order valence-electron chi connectivity index (χ2n) is 7.11. The summed E-state index contributed by atoms with van der Waals surface area (Å²) in [6.07, 6.45) is 2.62. The van der Waals surface area contributed by atoms with E-state index in [1.165, 1.54) is 23.9 Å². The molecule has 2 aromatic heterocycles. The molecule has 9 heteroatoms. The van der Waals surface area contributed by atoms with Crippen molar-refractivity contribution in [1.82, 2.24) is 14.5 Å². The zero-order valence-corrected chi connectivity index (χ0v) is 18.3. The summed E-state index contributed by atoms with van der Waals surface area (Å²) in [5.41, 5.74) is 2.94. The monoisotopic (exact) mass is 442 g/mol. The molecule has 3 N–H and O–H groups in total. The Morgan fingerprint density at radius 2 is 2.03 bits per heavy atom. The minimum atomic E-state index is -3.81. The maximum absolute atomic E-state index is 13.1. The fraction of sp³-hybridized carbons (Fsp3) is 0.238. The normalized spacial score (nSPS) is 13.2. The van der Waals surface area contributed by atoms with E-state index in [1.807, 2.05) is 35.8 Å². The molecule has 0 bridgehead atoms. The highest BCUT2D eigenvalue weighted by Gasteiger charge is 2.23. The van der Waals surface area contributed by atoms with Gasteiger partial charge in [-0.1, -0.05) is 36.9 Å². The highest BCUT2D eigenvalue weighted by Crippen LogP contribution is 2.31. The van der Waals surface area contributed by atoms with E-state index >= 15 is 0 Å². The van der Waals surface area contributed by atoms with Gasteiger partial charge in [0, 0.05) is 29.2 Å². The number of thioether (sulfide) groups is 1. The molecule has 4 aromatic rings. The molecule has 0 spiro atoms. The van der Waals surface area contributed by atoms with Gasteiger partial charge in [-0.2, -0.15) is 0 Å². The van der Waals surface area contributed by atoms with Crippen molar-refractivity contribution in [2.45, 2.75) is 42.1 Å². The number of hydrogen-bond acceptors (Lipinski definition) is 5. The molecule has 0 amide bonds. The molecule has 0 aliphatic rings. The predicted molar refractivity (Wildman–Crippen MR) is 119 cm³/mol. The van der Waals surface area contributed by atoms with E-state index in [0.717, 1.165) is 22.8 Å². The van der Waals surface area contributed by atoms with Crippen LogP contribution in [0, 0.1) is 0 Å². The summed E-state index contributed by atoms with van der Waals surface area (Å²) in [6, 6.07) is 12.4. The smallest absolute Gasteiger partial charge is 0.238 e. The molecule has 0 aliphatic carbocycles. The van der Waals surface area contributed by atoms with Crippen LogP contribution in [-0.4, -0.2) is 34.0 Å². The molecule has 0 fully saturated rings. The quantitative estimate of drug-likeness (QED) is 0.333. The number of aromatic amines is 1. The summed E-state index contributed by atoms with van der Waals surface area (Å²) in [5.74, 6) is 0.0118. The van der Waals surface area contributed by atoms with Crippen molar-refractivity contribution in [3.8, 4) is 0 Å². The fourth-order valence-corrected chi connectivity index (χ4v) is 5.05. The molecule has 0 saturated carbocycles. The van der Waals surface area contributed by atoms with Crippen LogP contribution in [0.3, 0.4) is 0 Å². The fourth-order valence-electron chi connectivity index (χ4n) is 3.50. The molecule has 0 saturated heterocycles. The van der Waals surface area contributed by atoms with Crippen molar-refractivity contribution in [3.63, 3.8) is 0 Å². The minimum absolute atomic E-state index is 0.0118. The number of Topliss-reactive ketones (excluding diaryl/α,β-unsaturated/α-hetero) is 1. The molecule has 4 rings (SSSR count). The van der Waals surface area contributed by atoms with Gasteiger partial charge in [-0.3, -0.25) is 4.79 Å². The lowest BCUT2D eigenvalue weighted by Crippen LogP contribution is -2.14. The number of carbonyl (C=O) groups excluding carboxylic acids is 1. The Morgan fingerprint density at radius 3 is 2.77 bits per heavy atom. The van der Waals surface area contributed by atoms with Crippen molar-refractivity contribution in [1.29, 1.82) is 0 Å². The number of primary sulfonamides is 1. The number of para-hydroxylation sites is 1. The maximum Gasteiger partial charge on any atom is 0.238 e. The lowest BCUT2D eigenvalue weighted by atomic mass is 10.1. The average molecular weight is 443 g/mol. The van der Waals surface area contributed by atoms with Crippen molar-refractivity contribution in [3.05, 3.63) is 54.2 Å². The van der Waals surface area contributed by atoms with Crippen LogP contribution in [0.2, 0.25) is 0 Å². The maximum atomic E-state index is 13.1. The second kappa shape index (κ2) is 7.90.